The van der Waals surface area contributed by atoms with E-state index in [0.717, 1.165) is 27.1 Å². The predicted octanol–water partition coefficient (Wildman–Crippen LogP) is 3.99. The van der Waals surface area contributed by atoms with Gasteiger partial charge >= 0.3 is 4.87 Å². The van der Waals surface area contributed by atoms with E-state index in [0.29, 0.717) is 25.1 Å². The first-order valence-electron chi connectivity index (χ1n) is 10.7. The number of amides is 1. The first-order chi connectivity index (χ1) is 15.2. The first-order valence-corrected chi connectivity index (χ1v) is 13.0. The average Bonchev–Trinajstić information content (AvgIpc) is 3.09. The first kappa shape index (κ1) is 22.7. The number of hydrogen-bond donors (Lipinski definition) is 1. The second kappa shape index (κ2) is 8.80. The van der Waals surface area contributed by atoms with E-state index in [2.05, 4.69) is 5.32 Å². The van der Waals surface area contributed by atoms with Gasteiger partial charge < -0.3 is 5.32 Å². The standard InChI is InChI=1S/C23H27N3O4S2/c1-15(2)26-20-11-8-18(13-21(20)31-23(26)28)24-22(27)17-5-4-12-25(14-17)32(29,30)19-9-6-16(3)7-10-19/h6-11,13,15,17H,4-5,12,14H2,1-3H3,(H,24,27)/t17-/m1/s1. The normalized spacial score (nSPS) is 17.7. The van der Waals surface area contributed by atoms with E-state index in [-0.39, 0.29) is 28.3 Å². The number of benzene rings is 2. The van der Waals surface area contributed by atoms with Crippen LogP contribution in [0.25, 0.3) is 10.2 Å². The minimum atomic E-state index is -3.64. The number of aryl methyl sites for hydroxylation is 1. The molecule has 0 spiro atoms. The summed E-state index contributed by atoms with van der Waals surface area (Å²) in [5.74, 6) is -0.637. The van der Waals surface area contributed by atoms with E-state index < -0.39 is 15.9 Å². The summed E-state index contributed by atoms with van der Waals surface area (Å²) in [6, 6.07) is 12.3. The van der Waals surface area contributed by atoms with Gasteiger partial charge in [0.15, 0.2) is 0 Å². The summed E-state index contributed by atoms with van der Waals surface area (Å²) >= 11 is 1.15. The molecule has 32 heavy (non-hydrogen) atoms. The highest BCUT2D eigenvalue weighted by atomic mass is 32.2. The zero-order valence-corrected chi connectivity index (χ0v) is 20.0. The summed E-state index contributed by atoms with van der Waals surface area (Å²) in [7, 11) is -3.64. The number of thiazole rings is 1. The Bertz CT molecular complexity index is 1310. The summed E-state index contributed by atoms with van der Waals surface area (Å²) in [6.07, 6.45) is 1.26. The maximum atomic E-state index is 13.0. The van der Waals surface area contributed by atoms with Gasteiger partial charge in [-0.15, -0.1) is 0 Å². The molecule has 0 saturated carbocycles. The number of hydrogen-bond acceptors (Lipinski definition) is 5. The predicted molar refractivity (Wildman–Crippen MR) is 128 cm³/mol. The van der Waals surface area contributed by atoms with Crippen LogP contribution in [0.5, 0.6) is 0 Å². The van der Waals surface area contributed by atoms with E-state index in [4.69, 9.17) is 0 Å². The van der Waals surface area contributed by atoms with E-state index >= 15 is 0 Å². The van der Waals surface area contributed by atoms with Crippen molar-refractivity contribution in [2.24, 2.45) is 5.92 Å². The van der Waals surface area contributed by atoms with Gasteiger partial charge in [-0.2, -0.15) is 4.31 Å². The molecule has 1 N–H and O–H groups in total. The van der Waals surface area contributed by atoms with E-state index in [1.54, 1.807) is 34.9 Å². The monoisotopic (exact) mass is 473 g/mol. The molecule has 0 radical (unpaired) electrons. The van der Waals surface area contributed by atoms with Gasteiger partial charge in [-0.25, -0.2) is 8.42 Å². The molecule has 1 aromatic heterocycles. The Balaban J connectivity index is 1.50. The lowest BCUT2D eigenvalue weighted by Gasteiger charge is -2.31. The van der Waals surface area contributed by atoms with Gasteiger partial charge in [0.05, 0.1) is 21.0 Å². The molecule has 1 atom stereocenters. The van der Waals surface area contributed by atoms with Gasteiger partial charge in [0, 0.05) is 24.8 Å². The van der Waals surface area contributed by atoms with E-state index in [9.17, 15) is 18.0 Å². The summed E-state index contributed by atoms with van der Waals surface area (Å²) in [5.41, 5.74) is 2.45. The van der Waals surface area contributed by atoms with Crippen LogP contribution in [0.2, 0.25) is 0 Å². The highest BCUT2D eigenvalue weighted by Crippen LogP contribution is 2.27. The molecule has 1 aliphatic rings. The summed E-state index contributed by atoms with van der Waals surface area (Å²) in [4.78, 5) is 25.4. The highest BCUT2D eigenvalue weighted by molar-refractivity contribution is 7.89. The van der Waals surface area contributed by atoms with Crippen molar-refractivity contribution in [1.29, 1.82) is 0 Å². The molecule has 4 rings (SSSR count). The Morgan fingerprint density at radius 2 is 1.88 bits per heavy atom. The second-order valence-electron chi connectivity index (χ2n) is 8.52. The van der Waals surface area contributed by atoms with Crippen LogP contribution in [0.15, 0.2) is 52.2 Å². The lowest BCUT2D eigenvalue weighted by molar-refractivity contribution is -0.120. The molecule has 2 heterocycles. The molecule has 1 fully saturated rings. The van der Waals surface area contributed by atoms with Crippen LogP contribution in [-0.4, -0.2) is 36.3 Å². The van der Waals surface area contributed by atoms with Gasteiger partial charge in [0.2, 0.25) is 15.9 Å². The number of aromatic nitrogens is 1. The molecule has 7 nitrogen and oxygen atoms in total. The summed E-state index contributed by atoms with van der Waals surface area (Å²) in [5, 5.41) is 2.92. The quantitative estimate of drug-likeness (QED) is 0.607. The lowest BCUT2D eigenvalue weighted by Crippen LogP contribution is -2.43. The fourth-order valence-corrected chi connectivity index (χ4v) is 6.66. The topological polar surface area (TPSA) is 88.5 Å². The maximum Gasteiger partial charge on any atom is 0.308 e. The number of nitrogens with one attached hydrogen (secondary N) is 1. The molecule has 2 aromatic carbocycles. The Hall–Kier alpha value is -2.49. The third kappa shape index (κ3) is 4.37. The van der Waals surface area contributed by atoms with Crippen molar-refractivity contribution in [2.45, 2.75) is 44.6 Å². The van der Waals surface area contributed by atoms with Crippen molar-refractivity contribution < 1.29 is 13.2 Å². The van der Waals surface area contributed by atoms with Crippen LogP contribution in [0.1, 0.15) is 38.3 Å². The van der Waals surface area contributed by atoms with Crippen LogP contribution in [0.3, 0.4) is 0 Å². The van der Waals surface area contributed by atoms with Gasteiger partial charge in [0.1, 0.15) is 0 Å². The maximum absolute atomic E-state index is 13.0. The Morgan fingerprint density at radius 3 is 2.56 bits per heavy atom. The van der Waals surface area contributed by atoms with E-state index in [1.807, 2.05) is 32.9 Å². The number of anilines is 1. The van der Waals surface area contributed by atoms with Gasteiger partial charge in [-0.1, -0.05) is 29.0 Å². The smallest absolute Gasteiger partial charge is 0.308 e. The number of carbonyl (C=O) groups is 1. The van der Waals surface area contributed by atoms with Crippen molar-refractivity contribution in [3.8, 4) is 0 Å². The molecule has 1 aliphatic heterocycles. The number of nitrogens with zero attached hydrogens (tertiary/aromatic N) is 2. The third-order valence-corrected chi connectivity index (χ3v) is 8.61. The minimum Gasteiger partial charge on any atom is -0.326 e. The zero-order chi connectivity index (χ0) is 23.0. The molecule has 170 valence electrons. The molecule has 1 amide bonds. The Kier molecular flexibility index (Phi) is 6.24. The average molecular weight is 474 g/mol. The van der Waals surface area contributed by atoms with Crippen molar-refractivity contribution in [2.75, 3.05) is 18.4 Å². The van der Waals surface area contributed by atoms with Crippen LogP contribution in [-0.2, 0) is 14.8 Å². The Labute approximate surface area is 191 Å². The Morgan fingerprint density at radius 1 is 1.16 bits per heavy atom. The van der Waals surface area contributed by atoms with Crippen LogP contribution in [0.4, 0.5) is 5.69 Å². The van der Waals surface area contributed by atoms with Crippen molar-refractivity contribution in [1.82, 2.24) is 8.87 Å². The fourth-order valence-electron chi connectivity index (χ4n) is 4.08. The molecule has 0 bridgehead atoms. The number of rotatable bonds is 5. The third-order valence-electron chi connectivity index (χ3n) is 5.81. The zero-order valence-electron chi connectivity index (χ0n) is 18.4. The van der Waals surface area contributed by atoms with Crippen molar-refractivity contribution >= 4 is 43.2 Å². The summed E-state index contributed by atoms with van der Waals surface area (Å²) in [6.45, 7) is 6.39. The molecule has 9 heteroatoms. The molecular weight excluding hydrogens is 446 g/mol. The number of sulfonamides is 1. The highest BCUT2D eigenvalue weighted by Gasteiger charge is 2.33. The fraction of sp³-hybridized carbons (Fsp3) is 0.391. The van der Waals surface area contributed by atoms with Gasteiger partial charge in [0.25, 0.3) is 0 Å². The van der Waals surface area contributed by atoms with Crippen LogP contribution >= 0.6 is 11.3 Å². The number of fused-ring (bicyclic) bond motifs is 1. The summed E-state index contributed by atoms with van der Waals surface area (Å²) < 4.78 is 30.0. The molecule has 0 aliphatic carbocycles. The van der Waals surface area contributed by atoms with Crippen molar-refractivity contribution in [3.63, 3.8) is 0 Å². The van der Waals surface area contributed by atoms with Crippen molar-refractivity contribution in [3.05, 3.63) is 57.7 Å². The molecule has 0 unspecified atom stereocenters. The SMILES string of the molecule is Cc1ccc(S(=O)(=O)N2CCC[C@@H](C(=O)Nc3ccc4c(c3)sc(=O)n4C(C)C)C2)cc1. The van der Waals surface area contributed by atoms with E-state index in [1.165, 1.54) is 4.31 Å². The molecular formula is C23H27N3O4S2. The second-order valence-corrected chi connectivity index (χ2v) is 11.4. The van der Waals surface area contributed by atoms with Gasteiger partial charge in [-0.05, 0) is 63.9 Å². The molecule has 3 aromatic rings. The number of piperidine rings is 1. The largest absolute Gasteiger partial charge is 0.326 e. The van der Waals surface area contributed by atoms with Crippen LogP contribution < -0.4 is 10.2 Å². The lowest BCUT2D eigenvalue weighted by atomic mass is 9.98. The molecule has 1 saturated heterocycles. The number of carbonyl (C=O) groups excluding carboxylic acids is 1. The van der Waals surface area contributed by atoms with Crippen LogP contribution in [0, 0.1) is 12.8 Å². The minimum absolute atomic E-state index is 0.0253. The van der Waals surface area contributed by atoms with Gasteiger partial charge in [-0.3, -0.25) is 14.2 Å².